The van der Waals surface area contributed by atoms with Crippen LogP contribution in [0.3, 0.4) is 0 Å². The largest absolute Gasteiger partial charge is 0.342 e. The van der Waals surface area contributed by atoms with Crippen LogP contribution in [-0.2, 0) is 14.8 Å². The number of hydrogen-bond acceptors (Lipinski definition) is 3. The van der Waals surface area contributed by atoms with Crippen molar-refractivity contribution in [1.29, 1.82) is 0 Å². The van der Waals surface area contributed by atoms with E-state index in [-0.39, 0.29) is 17.5 Å². The van der Waals surface area contributed by atoms with Crippen molar-refractivity contribution in [3.05, 3.63) is 29.0 Å². The van der Waals surface area contributed by atoms with Crippen LogP contribution < -0.4 is 4.72 Å². The lowest BCUT2D eigenvalue weighted by molar-refractivity contribution is -0.128. The van der Waals surface area contributed by atoms with Crippen LogP contribution in [0.1, 0.15) is 12.8 Å². The van der Waals surface area contributed by atoms with E-state index in [1.807, 2.05) is 0 Å². The first kappa shape index (κ1) is 15.2. The van der Waals surface area contributed by atoms with E-state index in [0.29, 0.717) is 13.1 Å². The van der Waals surface area contributed by atoms with Gasteiger partial charge in [-0.3, -0.25) is 4.79 Å². The topological polar surface area (TPSA) is 66.5 Å². The highest BCUT2D eigenvalue weighted by atomic mass is 35.5. The quantitative estimate of drug-likeness (QED) is 0.911. The summed E-state index contributed by atoms with van der Waals surface area (Å²) in [6.07, 6.45) is 1.84. The number of nitrogens with one attached hydrogen (secondary N) is 1. The van der Waals surface area contributed by atoms with Gasteiger partial charge in [0.1, 0.15) is 4.90 Å². The van der Waals surface area contributed by atoms with Crippen molar-refractivity contribution in [3.63, 3.8) is 0 Å². The second kappa shape index (κ2) is 6.07. The van der Waals surface area contributed by atoms with E-state index in [9.17, 15) is 17.6 Å². The maximum absolute atomic E-state index is 13.7. The lowest BCUT2D eigenvalue weighted by atomic mass is 10.3. The van der Waals surface area contributed by atoms with Crippen LogP contribution in [0, 0.1) is 5.82 Å². The Hall–Kier alpha value is -1.18. The number of halogens is 2. The molecule has 0 saturated carbocycles. The van der Waals surface area contributed by atoms with Crippen molar-refractivity contribution in [1.82, 2.24) is 9.62 Å². The zero-order valence-corrected chi connectivity index (χ0v) is 12.2. The zero-order valence-electron chi connectivity index (χ0n) is 10.6. The molecular formula is C12H14ClFN2O3S. The highest BCUT2D eigenvalue weighted by molar-refractivity contribution is 7.89. The van der Waals surface area contributed by atoms with Crippen LogP contribution in [0.5, 0.6) is 0 Å². The van der Waals surface area contributed by atoms with Crippen LogP contribution in [0.2, 0.25) is 5.02 Å². The lowest BCUT2D eigenvalue weighted by Gasteiger charge is -2.15. The van der Waals surface area contributed by atoms with Gasteiger partial charge < -0.3 is 4.90 Å². The predicted octanol–water partition coefficient (Wildman–Crippen LogP) is 1.38. The fourth-order valence-corrected chi connectivity index (χ4v) is 3.31. The van der Waals surface area contributed by atoms with Crippen LogP contribution >= 0.6 is 11.6 Å². The molecule has 1 fully saturated rings. The molecule has 0 unspecified atom stereocenters. The molecule has 110 valence electrons. The van der Waals surface area contributed by atoms with Crippen LogP contribution in [0.15, 0.2) is 23.1 Å². The molecule has 1 aromatic carbocycles. The van der Waals surface area contributed by atoms with Crippen LogP contribution in [0.25, 0.3) is 0 Å². The third-order valence-electron chi connectivity index (χ3n) is 3.08. The molecule has 1 aliphatic heterocycles. The Kier molecular flexibility index (Phi) is 4.62. The molecular weight excluding hydrogens is 307 g/mol. The van der Waals surface area contributed by atoms with Crippen LogP contribution in [0.4, 0.5) is 4.39 Å². The molecule has 5 nitrogen and oxygen atoms in total. The molecule has 20 heavy (non-hydrogen) atoms. The van der Waals surface area contributed by atoms with Crippen molar-refractivity contribution < 1.29 is 17.6 Å². The number of likely N-dealkylation sites (tertiary alicyclic amines) is 1. The second-order valence-corrected chi connectivity index (χ2v) is 6.61. The predicted molar refractivity (Wildman–Crippen MR) is 72.4 cm³/mol. The van der Waals surface area contributed by atoms with E-state index in [1.54, 1.807) is 4.90 Å². The summed E-state index contributed by atoms with van der Waals surface area (Å²) in [5.41, 5.74) is 0. The number of amides is 1. The number of benzene rings is 1. The fraction of sp³-hybridized carbons (Fsp3) is 0.417. The SMILES string of the molecule is O=C(CNS(=O)(=O)c1cccc(Cl)c1F)N1CCCC1. The van der Waals surface area contributed by atoms with Gasteiger partial charge in [0.25, 0.3) is 0 Å². The molecule has 2 rings (SSSR count). The maximum Gasteiger partial charge on any atom is 0.244 e. The van der Waals surface area contributed by atoms with Crippen molar-refractivity contribution in [2.24, 2.45) is 0 Å². The Bertz CT molecular complexity index is 615. The molecule has 0 atom stereocenters. The van der Waals surface area contributed by atoms with Gasteiger partial charge in [-0.05, 0) is 25.0 Å². The van der Waals surface area contributed by atoms with Gasteiger partial charge in [0.05, 0.1) is 11.6 Å². The average Bonchev–Trinajstić information content (AvgIpc) is 2.93. The zero-order chi connectivity index (χ0) is 14.8. The summed E-state index contributed by atoms with van der Waals surface area (Å²) >= 11 is 5.54. The number of rotatable bonds is 4. The molecule has 1 heterocycles. The third-order valence-corrected chi connectivity index (χ3v) is 4.79. The monoisotopic (exact) mass is 320 g/mol. The molecule has 0 aliphatic carbocycles. The molecule has 1 aromatic rings. The number of carbonyl (C=O) groups excluding carboxylic acids is 1. The Balaban J connectivity index is 2.07. The van der Waals surface area contributed by atoms with Gasteiger partial charge >= 0.3 is 0 Å². The fourth-order valence-electron chi connectivity index (χ4n) is 2.00. The smallest absolute Gasteiger partial charge is 0.244 e. The minimum absolute atomic E-state index is 0.279. The van der Waals surface area contributed by atoms with E-state index in [4.69, 9.17) is 11.6 Å². The minimum atomic E-state index is -4.10. The van der Waals surface area contributed by atoms with Gasteiger partial charge in [0, 0.05) is 13.1 Å². The third kappa shape index (κ3) is 3.28. The highest BCUT2D eigenvalue weighted by Gasteiger charge is 2.24. The lowest BCUT2D eigenvalue weighted by Crippen LogP contribution is -2.38. The van der Waals surface area contributed by atoms with Gasteiger partial charge in [0.2, 0.25) is 15.9 Å². The van der Waals surface area contributed by atoms with Crippen molar-refractivity contribution in [2.75, 3.05) is 19.6 Å². The molecule has 0 bridgehead atoms. The number of nitrogens with zero attached hydrogens (tertiary/aromatic N) is 1. The summed E-state index contributed by atoms with van der Waals surface area (Å²) in [4.78, 5) is 12.8. The average molecular weight is 321 g/mol. The summed E-state index contributed by atoms with van der Waals surface area (Å²) in [6.45, 7) is 0.881. The van der Waals surface area contributed by atoms with Gasteiger partial charge in [-0.1, -0.05) is 17.7 Å². The first-order chi connectivity index (χ1) is 9.42. The summed E-state index contributed by atoms with van der Waals surface area (Å²) in [5.74, 6) is -1.33. The van der Waals surface area contributed by atoms with Crippen molar-refractivity contribution in [3.8, 4) is 0 Å². The molecule has 8 heteroatoms. The standard InChI is InChI=1S/C12H14ClFN2O3S/c13-9-4-3-5-10(12(9)14)20(18,19)15-8-11(17)16-6-1-2-7-16/h3-5,15H,1-2,6-8H2. The Morgan fingerprint density at radius 3 is 2.65 bits per heavy atom. The van der Waals surface area contributed by atoms with E-state index in [2.05, 4.69) is 4.72 Å². The molecule has 0 aromatic heterocycles. The van der Waals surface area contributed by atoms with Crippen molar-refractivity contribution in [2.45, 2.75) is 17.7 Å². The van der Waals surface area contributed by atoms with E-state index in [1.165, 1.54) is 12.1 Å². The number of carbonyl (C=O) groups is 1. The summed E-state index contributed by atoms with van der Waals surface area (Å²) in [7, 11) is -4.10. The summed E-state index contributed by atoms with van der Waals surface area (Å²) in [6, 6.07) is 3.69. The van der Waals surface area contributed by atoms with Crippen LogP contribution in [-0.4, -0.2) is 38.9 Å². The normalized spacial score (nSPS) is 15.6. The van der Waals surface area contributed by atoms with Gasteiger partial charge in [0.15, 0.2) is 5.82 Å². The number of hydrogen-bond donors (Lipinski definition) is 1. The minimum Gasteiger partial charge on any atom is -0.342 e. The van der Waals surface area contributed by atoms with E-state index < -0.39 is 20.7 Å². The molecule has 1 amide bonds. The molecule has 1 N–H and O–H groups in total. The molecule has 1 saturated heterocycles. The van der Waals surface area contributed by atoms with Gasteiger partial charge in [-0.2, -0.15) is 0 Å². The molecule has 0 radical (unpaired) electrons. The highest BCUT2D eigenvalue weighted by Crippen LogP contribution is 2.21. The first-order valence-electron chi connectivity index (χ1n) is 6.13. The summed E-state index contributed by atoms with van der Waals surface area (Å²) in [5, 5.41) is -0.279. The van der Waals surface area contributed by atoms with Gasteiger partial charge in [-0.25, -0.2) is 17.5 Å². The maximum atomic E-state index is 13.7. The number of sulfonamides is 1. The van der Waals surface area contributed by atoms with E-state index >= 15 is 0 Å². The van der Waals surface area contributed by atoms with Crippen molar-refractivity contribution >= 4 is 27.5 Å². The first-order valence-corrected chi connectivity index (χ1v) is 7.99. The second-order valence-electron chi connectivity index (χ2n) is 4.46. The van der Waals surface area contributed by atoms with Gasteiger partial charge in [-0.15, -0.1) is 0 Å². The Morgan fingerprint density at radius 2 is 2.00 bits per heavy atom. The van der Waals surface area contributed by atoms with E-state index in [0.717, 1.165) is 18.9 Å². The Labute approximate surface area is 121 Å². The summed E-state index contributed by atoms with van der Waals surface area (Å²) < 4.78 is 39.7. The molecule has 1 aliphatic rings. The Morgan fingerprint density at radius 1 is 1.35 bits per heavy atom. The molecule has 0 spiro atoms.